The largest absolute Gasteiger partial charge is 0.478 e. The zero-order valence-corrected chi connectivity index (χ0v) is 11.2. The Hall–Kier alpha value is -2.00. The Morgan fingerprint density at radius 3 is 2.60 bits per heavy atom. The van der Waals surface area contributed by atoms with Gasteiger partial charge in [-0.2, -0.15) is 4.72 Å². The van der Waals surface area contributed by atoms with Crippen LogP contribution in [0.3, 0.4) is 0 Å². The molecule has 0 saturated heterocycles. The average Bonchev–Trinajstić information content (AvgIpc) is 2.37. The Bertz CT molecular complexity index is 628. The number of carbonyl (C=O) groups is 2. The molecule has 0 saturated carbocycles. The van der Waals surface area contributed by atoms with Gasteiger partial charge in [0.2, 0.25) is 10.0 Å². The maximum absolute atomic E-state index is 13.5. The fraction of sp³-hybridized carbons (Fsp3) is 0.273. The van der Waals surface area contributed by atoms with Crippen molar-refractivity contribution in [2.45, 2.75) is 11.8 Å². The molecule has 1 aromatic rings. The van der Waals surface area contributed by atoms with E-state index in [0.29, 0.717) is 6.07 Å². The summed E-state index contributed by atoms with van der Waals surface area (Å²) < 4.78 is 43.4. The standard InChI is InChI=1S/C11H12FNO6S/c1-2-19-10(14)6-13-20(17,18)9-5-7(11(15)16)3-4-8(9)12/h3-5,13H,2,6H2,1H3,(H,15,16). The Labute approximate surface area is 114 Å². The lowest BCUT2D eigenvalue weighted by atomic mass is 10.2. The third kappa shape index (κ3) is 4.00. The molecule has 0 amide bonds. The summed E-state index contributed by atoms with van der Waals surface area (Å²) in [5, 5.41) is 8.74. The van der Waals surface area contributed by atoms with Gasteiger partial charge in [0, 0.05) is 0 Å². The molecule has 0 fully saturated rings. The van der Waals surface area contributed by atoms with Crippen molar-refractivity contribution in [2.24, 2.45) is 0 Å². The molecule has 7 nitrogen and oxygen atoms in total. The Kier molecular flexibility index (Phi) is 5.17. The van der Waals surface area contributed by atoms with Crippen molar-refractivity contribution < 1.29 is 32.2 Å². The molecule has 2 N–H and O–H groups in total. The number of esters is 1. The van der Waals surface area contributed by atoms with E-state index in [-0.39, 0.29) is 12.2 Å². The lowest BCUT2D eigenvalue weighted by Crippen LogP contribution is -2.31. The molecule has 0 atom stereocenters. The summed E-state index contributed by atoms with van der Waals surface area (Å²) in [6.45, 7) is 0.943. The number of rotatable bonds is 6. The van der Waals surface area contributed by atoms with Gasteiger partial charge in [-0.05, 0) is 25.1 Å². The number of hydrogen-bond acceptors (Lipinski definition) is 5. The summed E-state index contributed by atoms with van der Waals surface area (Å²) in [5.41, 5.74) is -0.386. The summed E-state index contributed by atoms with van der Waals surface area (Å²) in [6, 6.07) is 2.33. The summed E-state index contributed by atoms with van der Waals surface area (Å²) in [6.07, 6.45) is 0. The van der Waals surface area contributed by atoms with Gasteiger partial charge in [-0.25, -0.2) is 17.6 Å². The number of nitrogens with one attached hydrogen (secondary N) is 1. The second-order valence-electron chi connectivity index (χ2n) is 3.58. The molecule has 0 radical (unpaired) electrons. The van der Waals surface area contributed by atoms with Crippen LogP contribution in [0.25, 0.3) is 0 Å². The van der Waals surface area contributed by atoms with Gasteiger partial charge in [0.25, 0.3) is 0 Å². The zero-order chi connectivity index (χ0) is 15.3. The van der Waals surface area contributed by atoms with Gasteiger partial charge >= 0.3 is 11.9 Å². The second-order valence-corrected chi connectivity index (χ2v) is 5.32. The van der Waals surface area contributed by atoms with Crippen LogP contribution in [0.5, 0.6) is 0 Å². The van der Waals surface area contributed by atoms with Crippen LogP contribution >= 0.6 is 0 Å². The third-order valence-corrected chi connectivity index (χ3v) is 3.60. The quantitative estimate of drug-likeness (QED) is 0.735. The van der Waals surface area contributed by atoms with Crippen LogP contribution in [0.1, 0.15) is 17.3 Å². The summed E-state index contributed by atoms with van der Waals surface area (Å²) in [4.78, 5) is 20.9. The molecule has 0 aliphatic heterocycles. The first-order chi connectivity index (χ1) is 9.27. The van der Waals surface area contributed by atoms with Crippen LogP contribution in [0, 0.1) is 5.82 Å². The number of benzene rings is 1. The molecule has 110 valence electrons. The van der Waals surface area contributed by atoms with Crippen LogP contribution in [-0.4, -0.2) is 38.6 Å². The van der Waals surface area contributed by atoms with Gasteiger partial charge in [0.15, 0.2) is 0 Å². The maximum Gasteiger partial charge on any atom is 0.335 e. The van der Waals surface area contributed by atoms with Crippen LogP contribution in [0.15, 0.2) is 23.1 Å². The van der Waals surface area contributed by atoms with E-state index in [0.717, 1.165) is 12.1 Å². The first-order valence-electron chi connectivity index (χ1n) is 5.46. The highest BCUT2D eigenvalue weighted by Crippen LogP contribution is 2.16. The van der Waals surface area contributed by atoms with Gasteiger partial charge < -0.3 is 9.84 Å². The maximum atomic E-state index is 13.5. The number of aromatic carboxylic acids is 1. The number of carboxylic acids is 1. The number of carboxylic acid groups (broad SMARTS) is 1. The van der Waals surface area contributed by atoms with E-state index in [1.807, 2.05) is 4.72 Å². The highest BCUT2D eigenvalue weighted by Gasteiger charge is 2.22. The van der Waals surface area contributed by atoms with Crippen molar-refractivity contribution in [2.75, 3.05) is 13.2 Å². The van der Waals surface area contributed by atoms with E-state index in [2.05, 4.69) is 4.74 Å². The molecule has 1 rings (SSSR count). The van der Waals surface area contributed by atoms with Crippen molar-refractivity contribution in [3.63, 3.8) is 0 Å². The van der Waals surface area contributed by atoms with E-state index in [4.69, 9.17) is 5.11 Å². The molecule has 0 aromatic heterocycles. The Balaban J connectivity index is 3.00. The van der Waals surface area contributed by atoms with E-state index >= 15 is 0 Å². The number of sulfonamides is 1. The minimum atomic E-state index is -4.35. The van der Waals surface area contributed by atoms with Crippen molar-refractivity contribution in [3.05, 3.63) is 29.6 Å². The number of ether oxygens (including phenoxy) is 1. The normalized spacial score (nSPS) is 11.1. The number of carbonyl (C=O) groups excluding carboxylic acids is 1. The molecule has 1 aromatic carbocycles. The summed E-state index contributed by atoms with van der Waals surface area (Å²) in [7, 11) is -4.35. The predicted molar refractivity (Wildman–Crippen MR) is 65.2 cm³/mol. The lowest BCUT2D eigenvalue weighted by Gasteiger charge is -2.08. The number of hydrogen-bond donors (Lipinski definition) is 2. The van der Waals surface area contributed by atoms with Gasteiger partial charge in [-0.15, -0.1) is 0 Å². The average molecular weight is 305 g/mol. The molecule has 9 heteroatoms. The Morgan fingerprint density at radius 2 is 2.05 bits per heavy atom. The van der Waals surface area contributed by atoms with Crippen LogP contribution in [-0.2, 0) is 19.6 Å². The highest BCUT2D eigenvalue weighted by molar-refractivity contribution is 7.89. The predicted octanol–water partition coefficient (Wildman–Crippen LogP) is 0.365. The first kappa shape index (κ1) is 16.1. The molecule has 0 heterocycles. The van der Waals surface area contributed by atoms with Crippen molar-refractivity contribution in [1.29, 1.82) is 0 Å². The molecule has 0 aliphatic rings. The Morgan fingerprint density at radius 1 is 1.40 bits per heavy atom. The van der Waals surface area contributed by atoms with Crippen LogP contribution in [0.2, 0.25) is 0 Å². The van der Waals surface area contributed by atoms with Gasteiger partial charge in [-0.1, -0.05) is 0 Å². The molecule has 0 aliphatic carbocycles. The van der Waals surface area contributed by atoms with Crippen molar-refractivity contribution in [1.82, 2.24) is 4.72 Å². The lowest BCUT2D eigenvalue weighted by molar-refractivity contribution is -0.141. The molecule has 0 spiro atoms. The summed E-state index contributed by atoms with van der Waals surface area (Å²) >= 11 is 0. The zero-order valence-electron chi connectivity index (χ0n) is 10.4. The monoisotopic (exact) mass is 305 g/mol. The minimum absolute atomic E-state index is 0.0728. The first-order valence-corrected chi connectivity index (χ1v) is 6.94. The highest BCUT2D eigenvalue weighted by atomic mass is 32.2. The van der Waals surface area contributed by atoms with Gasteiger partial charge in [0.1, 0.15) is 17.3 Å². The molecule has 0 bridgehead atoms. The van der Waals surface area contributed by atoms with Crippen molar-refractivity contribution >= 4 is 22.0 Å². The van der Waals surface area contributed by atoms with Crippen molar-refractivity contribution in [3.8, 4) is 0 Å². The van der Waals surface area contributed by atoms with E-state index in [1.165, 1.54) is 0 Å². The molecular formula is C11H12FNO6S. The third-order valence-electron chi connectivity index (χ3n) is 2.18. The topological polar surface area (TPSA) is 110 Å². The number of halogens is 1. The van der Waals surface area contributed by atoms with E-state index in [1.54, 1.807) is 6.92 Å². The van der Waals surface area contributed by atoms with Crippen LogP contribution < -0.4 is 4.72 Å². The second kappa shape index (κ2) is 6.44. The molecule has 20 heavy (non-hydrogen) atoms. The SMILES string of the molecule is CCOC(=O)CNS(=O)(=O)c1cc(C(=O)O)ccc1F. The fourth-order valence-corrected chi connectivity index (χ4v) is 2.36. The van der Waals surface area contributed by atoms with Crippen LogP contribution in [0.4, 0.5) is 4.39 Å². The van der Waals surface area contributed by atoms with Gasteiger partial charge in [0.05, 0.1) is 12.2 Å². The van der Waals surface area contributed by atoms with Gasteiger partial charge in [-0.3, -0.25) is 4.79 Å². The smallest absolute Gasteiger partial charge is 0.335 e. The molecular weight excluding hydrogens is 293 g/mol. The van der Waals surface area contributed by atoms with E-state index < -0.39 is 39.2 Å². The fourth-order valence-electron chi connectivity index (χ4n) is 1.29. The minimum Gasteiger partial charge on any atom is -0.478 e. The van der Waals surface area contributed by atoms with E-state index in [9.17, 15) is 22.4 Å². The molecule has 0 unspecified atom stereocenters. The summed E-state index contributed by atoms with van der Waals surface area (Å²) in [5.74, 6) is -3.34.